The minimum absolute atomic E-state index is 0. The Balaban J connectivity index is 0.00000300. The maximum atomic E-state index is 11.6. The third kappa shape index (κ3) is 8.31. The topological polar surface area (TPSA) is 88.7 Å². The lowest BCUT2D eigenvalue weighted by Crippen LogP contribution is -2.30. The summed E-state index contributed by atoms with van der Waals surface area (Å²) in [6.45, 7) is 2.78. The number of nitrogens with one attached hydrogen (secondary N) is 2. The summed E-state index contributed by atoms with van der Waals surface area (Å²) in [6.07, 6.45) is 3.95. The smallest absolute Gasteiger partial charge is 0.258 e. The van der Waals surface area contributed by atoms with Crippen LogP contribution in [0.15, 0.2) is 53.5 Å². The zero-order valence-electron chi connectivity index (χ0n) is 16.7. The molecule has 1 fully saturated rings. The number of hydrogen-bond acceptors (Lipinski definition) is 3. The van der Waals surface area contributed by atoms with E-state index in [4.69, 9.17) is 10.5 Å². The maximum Gasteiger partial charge on any atom is 0.258 e. The summed E-state index contributed by atoms with van der Waals surface area (Å²) in [6, 6.07) is 16.2. The van der Waals surface area contributed by atoms with E-state index in [1.165, 1.54) is 5.56 Å². The largest absolute Gasteiger partial charge is 0.484 e. The van der Waals surface area contributed by atoms with Gasteiger partial charge in [-0.15, -0.1) is 24.0 Å². The number of ether oxygens (including phenoxy) is 1. The van der Waals surface area contributed by atoms with Crippen molar-refractivity contribution in [2.45, 2.75) is 38.6 Å². The Morgan fingerprint density at radius 2 is 1.76 bits per heavy atom. The highest BCUT2D eigenvalue weighted by Gasteiger charge is 2.23. The van der Waals surface area contributed by atoms with E-state index in [0.717, 1.165) is 36.9 Å². The van der Waals surface area contributed by atoms with Gasteiger partial charge in [-0.2, -0.15) is 0 Å². The predicted molar refractivity (Wildman–Crippen MR) is 128 cm³/mol. The highest BCUT2D eigenvalue weighted by atomic mass is 127. The normalized spacial score (nSPS) is 13.3. The molecular formula is C22H29IN4O2. The molecule has 2 aromatic rings. The number of halogens is 1. The average molecular weight is 508 g/mol. The van der Waals surface area contributed by atoms with Crippen molar-refractivity contribution in [3.8, 4) is 5.75 Å². The zero-order chi connectivity index (χ0) is 19.8. The van der Waals surface area contributed by atoms with Gasteiger partial charge in [-0.3, -0.25) is 9.79 Å². The fourth-order valence-electron chi connectivity index (χ4n) is 2.71. The molecule has 0 atom stereocenters. The zero-order valence-corrected chi connectivity index (χ0v) is 19.0. The summed E-state index contributed by atoms with van der Waals surface area (Å²) >= 11 is 0. The molecule has 4 N–H and O–H groups in total. The Labute approximate surface area is 189 Å². The summed E-state index contributed by atoms with van der Waals surface area (Å²) in [5.74, 6) is 1.04. The number of rotatable bonds is 9. The summed E-state index contributed by atoms with van der Waals surface area (Å²) in [7, 11) is 0. The first-order chi connectivity index (χ1) is 13.6. The first kappa shape index (κ1) is 23.0. The standard InChI is InChI=1S/C22H28N4O2.HI/c1-2-16-3-7-19(8-4-16)26-22(23)24-14-13-17-5-11-20(12-6-17)28-15-21(27)25-18-9-10-18;/h3-8,11-12,18H,2,9-10,13-15H2,1H3,(H,25,27)(H3,23,24,26);1H. The van der Waals surface area contributed by atoms with Crippen LogP contribution in [0.1, 0.15) is 30.9 Å². The van der Waals surface area contributed by atoms with Crippen LogP contribution < -0.4 is 21.1 Å². The lowest BCUT2D eigenvalue weighted by Gasteiger charge is -2.08. The van der Waals surface area contributed by atoms with Gasteiger partial charge in [0.25, 0.3) is 5.91 Å². The number of carbonyl (C=O) groups excluding carboxylic acids is 1. The number of nitrogens with two attached hydrogens (primary N) is 1. The first-order valence-electron chi connectivity index (χ1n) is 9.79. The van der Waals surface area contributed by atoms with E-state index in [0.29, 0.717) is 24.3 Å². The number of nitrogens with zero attached hydrogens (tertiary/aromatic N) is 1. The molecule has 0 spiro atoms. The van der Waals surface area contributed by atoms with Gasteiger partial charge in [0.15, 0.2) is 12.6 Å². The molecule has 0 aliphatic heterocycles. The van der Waals surface area contributed by atoms with Crippen LogP contribution in [0.2, 0.25) is 0 Å². The number of aliphatic imine (C=N–C) groups is 1. The van der Waals surface area contributed by atoms with Crippen LogP contribution in [0.25, 0.3) is 0 Å². The number of guanidine groups is 1. The quantitative estimate of drug-likeness (QED) is 0.275. The molecule has 0 heterocycles. The fourth-order valence-corrected chi connectivity index (χ4v) is 2.71. The van der Waals surface area contributed by atoms with Crippen molar-refractivity contribution in [2.24, 2.45) is 10.7 Å². The SMILES string of the molecule is CCc1ccc(NC(N)=NCCc2ccc(OCC(=O)NC3CC3)cc2)cc1.I. The monoisotopic (exact) mass is 508 g/mol. The van der Waals surface area contributed by atoms with Crippen molar-refractivity contribution in [1.82, 2.24) is 5.32 Å². The van der Waals surface area contributed by atoms with Crippen LogP contribution in [0.5, 0.6) is 5.75 Å². The van der Waals surface area contributed by atoms with Gasteiger partial charge in [0.05, 0.1) is 0 Å². The summed E-state index contributed by atoms with van der Waals surface area (Å²) in [5.41, 5.74) is 9.31. The van der Waals surface area contributed by atoms with Gasteiger partial charge in [-0.05, 0) is 61.1 Å². The Morgan fingerprint density at radius 1 is 1.10 bits per heavy atom. The van der Waals surface area contributed by atoms with Crippen LogP contribution in [-0.4, -0.2) is 31.1 Å². The Bertz CT molecular complexity index is 803. The van der Waals surface area contributed by atoms with Gasteiger partial charge in [0.1, 0.15) is 5.75 Å². The van der Waals surface area contributed by atoms with Gasteiger partial charge < -0.3 is 21.1 Å². The molecule has 3 rings (SSSR count). The van der Waals surface area contributed by atoms with Gasteiger partial charge >= 0.3 is 0 Å². The molecular weight excluding hydrogens is 479 g/mol. The number of hydrogen-bond donors (Lipinski definition) is 3. The van der Waals surface area contributed by atoms with E-state index in [2.05, 4.69) is 34.7 Å². The van der Waals surface area contributed by atoms with Crippen molar-refractivity contribution in [3.05, 3.63) is 59.7 Å². The van der Waals surface area contributed by atoms with Gasteiger partial charge in [0, 0.05) is 18.3 Å². The highest BCUT2D eigenvalue weighted by molar-refractivity contribution is 14.0. The fraction of sp³-hybridized carbons (Fsp3) is 0.364. The predicted octanol–water partition coefficient (Wildman–Crippen LogP) is 3.49. The second kappa shape index (κ2) is 11.6. The number of anilines is 1. The Morgan fingerprint density at radius 3 is 2.38 bits per heavy atom. The third-order valence-corrected chi connectivity index (χ3v) is 4.55. The highest BCUT2D eigenvalue weighted by Crippen LogP contribution is 2.18. The minimum Gasteiger partial charge on any atom is -0.484 e. The lowest BCUT2D eigenvalue weighted by atomic mass is 10.1. The van der Waals surface area contributed by atoms with Crippen LogP contribution in [0, 0.1) is 0 Å². The number of amides is 1. The molecule has 2 aromatic carbocycles. The van der Waals surface area contributed by atoms with E-state index in [9.17, 15) is 4.79 Å². The molecule has 0 unspecified atom stereocenters. The van der Waals surface area contributed by atoms with Crippen molar-refractivity contribution in [1.29, 1.82) is 0 Å². The van der Waals surface area contributed by atoms with Gasteiger partial charge in [-0.1, -0.05) is 31.2 Å². The van der Waals surface area contributed by atoms with Crippen LogP contribution in [0.4, 0.5) is 5.69 Å². The lowest BCUT2D eigenvalue weighted by molar-refractivity contribution is -0.123. The third-order valence-electron chi connectivity index (χ3n) is 4.55. The van der Waals surface area contributed by atoms with E-state index >= 15 is 0 Å². The van der Waals surface area contributed by atoms with E-state index < -0.39 is 0 Å². The molecule has 6 nitrogen and oxygen atoms in total. The first-order valence-corrected chi connectivity index (χ1v) is 9.79. The molecule has 7 heteroatoms. The molecule has 0 saturated heterocycles. The summed E-state index contributed by atoms with van der Waals surface area (Å²) in [5, 5.41) is 6.00. The second-order valence-corrected chi connectivity index (χ2v) is 6.97. The molecule has 156 valence electrons. The molecule has 1 saturated carbocycles. The van der Waals surface area contributed by atoms with E-state index in [-0.39, 0.29) is 36.5 Å². The molecule has 0 radical (unpaired) electrons. The van der Waals surface area contributed by atoms with E-state index in [1.807, 2.05) is 36.4 Å². The molecule has 1 aliphatic rings. The molecule has 0 bridgehead atoms. The maximum absolute atomic E-state index is 11.6. The van der Waals surface area contributed by atoms with E-state index in [1.54, 1.807) is 0 Å². The molecule has 1 amide bonds. The van der Waals surface area contributed by atoms with Gasteiger partial charge in [0.2, 0.25) is 0 Å². The van der Waals surface area contributed by atoms with Crippen molar-refractivity contribution in [2.75, 3.05) is 18.5 Å². The Hall–Kier alpha value is -2.29. The summed E-state index contributed by atoms with van der Waals surface area (Å²) in [4.78, 5) is 16.0. The van der Waals surface area contributed by atoms with Crippen LogP contribution in [0.3, 0.4) is 0 Å². The second-order valence-electron chi connectivity index (χ2n) is 6.97. The molecule has 29 heavy (non-hydrogen) atoms. The van der Waals surface area contributed by atoms with Crippen molar-refractivity contribution >= 4 is 41.5 Å². The molecule has 0 aromatic heterocycles. The minimum atomic E-state index is -0.0618. The van der Waals surface area contributed by atoms with Crippen molar-refractivity contribution < 1.29 is 9.53 Å². The molecule has 1 aliphatic carbocycles. The number of carbonyl (C=O) groups is 1. The van der Waals surface area contributed by atoms with Crippen LogP contribution in [-0.2, 0) is 17.6 Å². The van der Waals surface area contributed by atoms with Gasteiger partial charge in [-0.25, -0.2) is 0 Å². The summed E-state index contributed by atoms with van der Waals surface area (Å²) < 4.78 is 5.51. The van der Waals surface area contributed by atoms with Crippen molar-refractivity contribution in [3.63, 3.8) is 0 Å². The Kier molecular flexibility index (Phi) is 9.24. The number of aryl methyl sites for hydroxylation is 1. The van der Waals surface area contributed by atoms with Crippen LogP contribution >= 0.6 is 24.0 Å². The number of benzene rings is 2. The average Bonchev–Trinajstić information content (AvgIpc) is 3.52.